The van der Waals surface area contributed by atoms with Gasteiger partial charge in [0, 0.05) is 11.4 Å². The molecule has 3 aromatic rings. The standard InChI is InChI=1S/C28H34BrN5O3/c1-5-7-8-9-13-37-26-22(29)15-20(16-23(26)36-6-2)25-24(19(4)32-28-30-17-31-34(25)28)27(35)33-21-12-10-11-18(3)14-21/h10-12,14-17,25H,5-9,13H2,1-4H3,(H,33,35)(H,30,31,32). The van der Waals surface area contributed by atoms with Gasteiger partial charge in [-0.25, -0.2) is 4.68 Å². The lowest BCUT2D eigenvalue weighted by Crippen LogP contribution is -2.31. The zero-order valence-electron chi connectivity index (χ0n) is 21.8. The van der Waals surface area contributed by atoms with Crippen LogP contribution in [0.25, 0.3) is 0 Å². The van der Waals surface area contributed by atoms with Gasteiger partial charge in [0.1, 0.15) is 12.4 Å². The number of halogens is 1. The average Bonchev–Trinajstić information content (AvgIpc) is 3.32. The number of unbranched alkanes of at least 4 members (excludes halogenated alkanes) is 3. The van der Waals surface area contributed by atoms with E-state index in [2.05, 4.69) is 43.6 Å². The van der Waals surface area contributed by atoms with Crippen LogP contribution in [0.2, 0.25) is 0 Å². The number of ether oxygens (including phenoxy) is 2. The van der Waals surface area contributed by atoms with Gasteiger partial charge in [-0.05, 0) is 78.5 Å². The first-order valence-electron chi connectivity index (χ1n) is 12.8. The van der Waals surface area contributed by atoms with Crippen molar-refractivity contribution in [3.63, 3.8) is 0 Å². The molecule has 0 fully saturated rings. The first kappa shape index (κ1) is 26.7. The molecule has 1 amide bonds. The maximum atomic E-state index is 13.7. The SMILES string of the molecule is CCCCCCOc1c(Br)cc(C2C(C(=O)Nc3cccc(C)c3)=C(C)Nc3ncnn32)cc1OCC. The van der Waals surface area contributed by atoms with E-state index in [9.17, 15) is 4.79 Å². The molecule has 2 aromatic carbocycles. The molecule has 2 heterocycles. The van der Waals surface area contributed by atoms with Gasteiger partial charge < -0.3 is 20.1 Å². The summed E-state index contributed by atoms with van der Waals surface area (Å²) in [6, 6.07) is 11.1. The normalized spacial score (nSPS) is 14.7. The van der Waals surface area contributed by atoms with Crippen LogP contribution in [-0.2, 0) is 4.79 Å². The first-order chi connectivity index (χ1) is 17.9. The monoisotopic (exact) mass is 567 g/mol. The minimum atomic E-state index is -0.516. The number of fused-ring (bicyclic) bond motifs is 1. The second-order valence-electron chi connectivity index (χ2n) is 9.09. The Morgan fingerprint density at radius 1 is 1.14 bits per heavy atom. The van der Waals surface area contributed by atoms with E-state index in [1.165, 1.54) is 19.2 Å². The Morgan fingerprint density at radius 2 is 1.97 bits per heavy atom. The number of amides is 1. The van der Waals surface area contributed by atoms with Crippen LogP contribution in [0.5, 0.6) is 11.5 Å². The predicted molar refractivity (Wildman–Crippen MR) is 149 cm³/mol. The van der Waals surface area contributed by atoms with Crippen LogP contribution in [0.15, 0.2) is 58.5 Å². The highest BCUT2D eigenvalue weighted by atomic mass is 79.9. The molecule has 0 aliphatic carbocycles. The maximum absolute atomic E-state index is 13.7. The molecular weight excluding hydrogens is 534 g/mol. The fraction of sp³-hybridized carbons (Fsp3) is 0.393. The van der Waals surface area contributed by atoms with Gasteiger partial charge in [-0.3, -0.25) is 4.79 Å². The summed E-state index contributed by atoms with van der Waals surface area (Å²) < 4.78 is 14.6. The van der Waals surface area contributed by atoms with Gasteiger partial charge in [0.2, 0.25) is 5.95 Å². The van der Waals surface area contributed by atoms with Crippen molar-refractivity contribution in [2.45, 2.75) is 59.4 Å². The largest absolute Gasteiger partial charge is 0.490 e. The second kappa shape index (κ2) is 12.3. The summed E-state index contributed by atoms with van der Waals surface area (Å²) in [5.74, 6) is 1.65. The van der Waals surface area contributed by atoms with Gasteiger partial charge in [-0.1, -0.05) is 38.3 Å². The summed E-state index contributed by atoms with van der Waals surface area (Å²) in [5.41, 5.74) is 3.88. The highest BCUT2D eigenvalue weighted by Crippen LogP contribution is 2.43. The van der Waals surface area contributed by atoms with E-state index in [1.807, 2.05) is 57.2 Å². The second-order valence-corrected chi connectivity index (χ2v) is 9.94. The molecule has 9 heteroatoms. The molecule has 8 nitrogen and oxygen atoms in total. The lowest BCUT2D eigenvalue weighted by atomic mass is 9.94. The first-order valence-corrected chi connectivity index (χ1v) is 13.6. The van der Waals surface area contributed by atoms with Crippen LogP contribution in [0.1, 0.15) is 63.6 Å². The number of nitrogens with zero attached hydrogens (tertiary/aromatic N) is 3. The van der Waals surface area contributed by atoms with Gasteiger partial charge >= 0.3 is 0 Å². The molecule has 1 unspecified atom stereocenters. The van der Waals surface area contributed by atoms with Crippen molar-refractivity contribution in [3.05, 3.63) is 69.6 Å². The summed E-state index contributed by atoms with van der Waals surface area (Å²) in [6.07, 6.45) is 5.96. The van der Waals surface area contributed by atoms with Crippen molar-refractivity contribution in [2.24, 2.45) is 0 Å². The molecular formula is C28H34BrN5O3. The molecule has 1 aromatic heterocycles. The van der Waals surface area contributed by atoms with Crippen molar-refractivity contribution in [2.75, 3.05) is 23.8 Å². The number of aryl methyl sites for hydroxylation is 1. The van der Waals surface area contributed by atoms with E-state index < -0.39 is 6.04 Å². The Kier molecular flexibility index (Phi) is 8.87. The number of hydrogen-bond acceptors (Lipinski definition) is 6. The van der Waals surface area contributed by atoms with Crippen molar-refractivity contribution in [1.82, 2.24) is 14.8 Å². The molecule has 0 bridgehead atoms. The molecule has 0 radical (unpaired) electrons. The Morgan fingerprint density at radius 3 is 2.73 bits per heavy atom. The van der Waals surface area contributed by atoms with Gasteiger partial charge in [-0.2, -0.15) is 10.1 Å². The molecule has 0 saturated heterocycles. The smallest absolute Gasteiger partial charge is 0.255 e. The van der Waals surface area contributed by atoms with Crippen molar-refractivity contribution in [1.29, 1.82) is 0 Å². The Labute approximate surface area is 226 Å². The van der Waals surface area contributed by atoms with Crippen molar-refractivity contribution < 1.29 is 14.3 Å². The fourth-order valence-corrected chi connectivity index (χ4v) is 5.04. The summed E-state index contributed by atoms with van der Waals surface area (Å²) in [5, 5.41) is 10.7. The third kappa shape index (κ3) is 6.15. The Bertz CT molecular complexity index is 1290. The summed E-state index contributed by atoms with van der Waals surface area (Å²) in [7, 11) is 0. The molecule has 37 heavy (non-hydrogen) atoms. The number of allylic oxidation sites excluding steroid dienone is 1. The third-order valence-corrected chi connectivity index (χ3v) is 6.80. The Hall–Kier alpha value is -3.33. The number of nitrogens with one attached hydrogen (secondary N) is 2. The number of hydrogen-bond donors (Lipinski definition) is 2. The van der Waals surface area contributed by atoms with Crippen molar-refractivity contribution in [3.8, 4) is 11.5 Å². The lowest BCUT2D eigenvalue weighted by molar-refractivity contribution is -0.113. The van der Waals surface area contributed by atoms with Gasteiger partial charge in [0.05, 0.1) is 23.3 Å². The minimum absolute atomic E-state index is 0.216. The molecule has 0 spiro atoms. The van der Waals surface area contributed by atoms with Crippen LogP contribution in [0.3, 0.4) is 0 Å². The minimum Gasteiger partial charge on any atom is -0.490 e. The van der Waals surface area contributed by atoms with Gasteiger partial charge in [0.15, 0.2) is 11.5 Å². The quantitative estimate of drug-likeness (QED) is 0.252. The van der Waals surface area contributed by atoms with E-state index in [1.54, 1.807) is 4.68 Å². The number of aromatic nitrogens is 3. The van der Waals surface area contributed by atoms with Gasteiger partial charge in [0.25, 0.3) is 5.91 Å². The lowest BCUT2D eigenvalue weighted by Gasteiger charge is -2.29. The van der Waals surface area contributed by atoms with Crippen molar-refractivity contribution >= 4 is 33.5 Å². The molecule has 196 valence electrons. The highest BCUT2D eigenvalue weighted by molar-refractivity contribution is 9.10. The van der Waals surface area contributed by atoms with E-state index >= 15 is 0 Å². The molecule has 4 rings (SSSR count). The Balaban J connectivity index is 1.70. The number of carbonyl (C=O) groups is 1. The summed E-state index contributed by atoms with van der Waals surface area (Å²) in [4.78, 5) is 18.0. The molecule has 1 aliphatic rings. The maximum Gasteiger partial charge on any atom is 0.255 e. The van der Waals surface area contributed by atoms with Crippen LogP contribution in [0, 0.1) is 6.92 Å². The number of anilines is 2. The van der Waals surface area contributed by atoms with E-state index in [-0.39, 0.29) is 5.91 Å². The zero-order chi connectivity index (χ0) is 26.4. The van der Waals surface area contributed by atoms with E-state index in [0.29, 0.717) is 41.9 Å². The van der Waals surface area contributed by atoms with E-state index in [0.717, 1.165) is 34.1 Å². The molecule has 1 aliphatic heterocycles. The highest BCUT2D eigenvalue weighted by Gasteiger charge is 2.34. The van der Waals surface area contributed by atoms with Crippen LogP contribution in [-0.4, -0.2) is 33.9 Å². The van der Waals surface area contributed by atoms with Gasteiger partial charge in [-0.15, -0.1) is 0 Å². The van der Waals surface area contributed by atoms with Crippen LogP contribution < -0.4 is 20.1 Å². The topological polar surface area (TPSA) is 90.3 Å². The number of rotatable bonds is 11. The summed E-state index contributed by atoms with van der Waals surface area (Å²) >= 11 is 3.70. The number of benzene rings is 2. The van der Waals surface area contributed by atoms with Crippen LogP contribution in [0.4, 0.5) is 11.6 Å². The third-order valence-electron chi connectivity index (χ3n) is 6.21. The van der Waals surface area contributed by atoms with E-state index in [4.69, 9.17) is 9.47 Å². The predicted octanol–water partition coefficient (Wildman–Crippen LogP) is 6.63. The molecule has 2 N–H and O–H groups in total. The molecule has 0 saturated carbocycles. The number of carbonyl (C=O) groups excluding carboxylic acids is 1. The molecule has 1 atom stereocenters. The fourth-order valence-electron chi connectivity index (χ4n) is 4.47. The summed E-state index contributed by atoms with van der Waals surface area (Å²) in [6.45, 7) is 9.10. The van der Waals surface area contributed by atoms with Crippen LogP contribution >= 0.6 is 15.9 Å². The average molecular weight is 569 g/mol. The zero-order valence-corrected chi connectivity index (χ0v) is 23.4.